The van der Waals surface area contributed by atoms with Crippen LogP contribution in [0, 0.1) is 0 Å². The molecule has 0 bridgehead atoms. The first kappa shape index (κ1) is 11.7. The van der Waals surface area contributed by atoms with E-state index in [9.17, 15) is 0 Å². The molecule has 1 aliphatic carbocycles. The Morgan fingerprint density at radius 3 is 2.80 bits per heavy atom. The first-order valence-corrected chi connectivity index (χ1v) is 7.35. The molecular formula is C18H18N2. The van der Waals surface area contributed by atoms with E-state index in [0.29, 0.717) is 0 Å². The number of hydrogen-bond donors (Lipinski definition) is 0. The largest absolute Gasteiger partial charge is 0.350 e. The molecule has 0 fully saturated rings. The molecule has 0 atom stereocenters. The number of para-hydroxylation sites is 1. The van der Waals surface area contributed by atoms with Gasteiger partial charge >= 0.3 is 0 Å². The molecular weight excluding hydrogens is 244 g/mol. The summed E-state index contributed by atoms with van der Waals surface area (Å²) in [5, 5.41) is 1.33. The van der Waals surface area contributed by atoms with Gasteiger partial charge in [-0.05, 0) is 42.9 Å². The van der Waals surface area contributed by atoms with Gasteiger partial charge in [-0.25, -0.2) is 0 Å². The molecule has 2 nitrogen and oxygen atoms in total. The van der Waals surface area contributed by atoms with Crippen LogP contribution in [0.5, 0.6) is 0 Å². The van der Waals surface area contributed by atoms with Crippen LogP contribution in [-0.2, 0) is 19.9 Å². The number of benzene rings is 1. The third-order valence-electron chi connectivity index (χ3n) is 4.46. The highest BCUT2D eigenvalue weighted by atomic mass is 14.9. The molecule has 0 N–H and O–H groups in total. The highest BCUT2D eigenvalue weighted by molar-refractivity contribution is 5.96. The molecule has 3 aromatic rings. The van der Waals surface area contributed by atoms with Crippen molar-refractivity contribution in [2.24, 2.45) is 7.05 Å². The van der Waals surface area contributed by atoms with E-state index in [-0.39, 0.29) is 0 Å². The summed E-state index contributed by atoms with van der Waals surface area (Å²) < 4.78 is 2.22. The fourth-order valence-corrected chi connectivity index (χ4v) is 3.45. The summed E-state index contributed by atoms with van der Waals surface area (Å²) in [6.45, 7) is 0. The molecule has 0 aliphatic heterocycles. The van der Waals surface area contributed by atoms with E-state index in [2.05, 4.69) is 53.3 Å². The maximum atomic E-state index is 4.48. The van der Waals surface area contributed by atoms with E-state index in [1.807, 2.05) is 6.20 Å². The SMILES string of the molecule is Cn1cc(-c2cncc3c2CCCC3)c2ccccc21. The van der Waals surface area contributed by atoms with Crippen molar-refractivity contribution >= 4 is 10.9 Å². The molecule has 20 heavy (non-hydrogen) atoms. The topological polar surface area (TPSA) is 17.8 Å². The van der Waals surface area contributed by atoms with Gasteiger partial charge in [-0.1, -0.05) is 18.2 Å². The second kappa shape index (κ2) is 4.48. The van der Waals surface area contributed by atoms with Crippen molar-refractivity contribution in [1.82, 2.24) is 9.55 Å². The lowest BCUT2D eigenvalue weighted by molar-refractivity contribution is 0.683. The average Bonchev–Trinajstić information content (AvgIpc) is 2.84. The van der Waals surface area contributed by atoms with Crippen molar-refractivity contribution in [1.29, 1.82) is 0 Å². The first-order valence-electron chi connectivity index (χ1n) is 7.35. The van der Waals surface area contributed by atoms with Crippen LogP contribution in [0.15, 0.2) is 42.9 Å². The maximum absolute atomic E-state index is 4.48. The van der Waals surface area contributed by atoms with Crippen LogP contribution >= 0.6 is 0 Å². The molecule has 2 heteroatoms. The van der Waals surface area contributed by atoms with Crippen LogP contribution in [0.1, 0.15) is 24.0 Å². The van der Waals surface area contributed by atoms with Crippen molar-refractivity contribution < 1.29 is 0 Å². The molecule has 100 valence electrons. The number of nitrogens with zero attached hydrogens (tertiary/aromatic N) is 2. The lowest BCUT2D eigenvalue weighted by Crippen LogP contribution is -2.05. The van der Waals surface area contributed by atoms with Gasteiger partial charge in [-0.15, -0.1) is 0 Å². The molecule has 0 saturated carbocycles. The lowest BCUT2D eigenvalue weighted by Gasteiger charge is -2.18. The molecule has 0 saturated heterocycles. The minimum atomic E-state index is 1.18. The van der Waals surface area contributed by atoms with Crippen molar-refractivity contribution in [2.75, 3.05) is 0 Å². The zero-order chi connectivity index (χ0) is 13.5. The zero-order valence-electron chi connectivity index (χ0n) is 11.8. The van der Waals surface area contributed by atoms with Crippen LogP contribution in [0.4, 0.5) is 0 Å². The normalized spacial score (nSPS) is 14.4. The summed E-state index contributed by atoms with van der Waals surface area (Å²) in [5.41, 5.74) is 6.91. The smallest absolute Gasteiger partial charge is 0.0484 e. The van der Waals surface area contributed by atoms with E-state index in [0.717, 1.165) is 0 Å². The van der Waals surface area contributed by atoms with Crippen molar-refractivity contribution in [3.05, 3.63) is 54.0 Å². The Morgan fingerprint density at radius 1 is 1.00 bits per heavy atom. The Hall–Kier alpha value is -2.09. The second-order valence-corrected chi connectivity index (χ2v) is 5.70. The Balaban J connectivity index is 2.00. The Kier molecular flexibility index (Phi) is 2.62. The zero-order valence-corrected chi connectivity index (χ0v) is 11.8. The van der Waals surface area contributed by atoms with E-state index in [1.54, 1.807) is 0 Å². The van der Waals surface area contributed by atoms with E-state index in [4.69, 9.17) is 0 Å². The fourth-order valence-electron chi connectivity index (χ4n) is 3.45. The Morgan fingerprint density at radius 2 is 1.85 bits per heavy atom. The van der Waals surface area contributed by atoms with E-state index >= 15 is 0 Å². The summed E-state index contributed by atoms with van der Waals surface area (Å²) in [6, 6.07) is 8.62. The van der Waals surface area contributed by atoms with Crippen molar-refractivity contribution in [2.45, 2.75) is 25.7 Å². The van der Waals surface area contributed by atoms with Gasteiger partial charge in [0.1, 0.15) is 0 Å². The van der Waals surface area contributed by atoms with E-state index < -0.39 is 0 Å². The molecule has 1 aliphatic rings. The van der Waals surface area contributed by atoms with Crippen LogP contribution in [0.3, 0.4) is 0 Å². The molecule has 2 aromatic heterocycles. The highest BCUT2D eigenvalue weighted by Crippen LogP contribution is 2.35. The standard InChI is InChI=1S/C18H18N2/c1-20-12-17(15-8-4-5-9-18(15)20)16-11-19-10-13-6-2-3-7-14(13)16/h4-5,8-12H,2-3,6-7H2,1H3. The third kappa shape index (κ3) is 1.68. The summed E-state index contributed by atoms with van der Waals surface area (Å²) in [4.78, 5) is 4.48. The molecule has 4 rings (SSSR count). The average molecular weight is 262 g/mol. The van der Waals surface area contributed by atoms with E-state index in [1.165, 1.54) is 58.8 Å². The lowest BCUT2D eigenvalue weighted by atomic mass is 9.88. The highest BCUT2D eigenvalue weighted by Gasteiger charge is 2.17. The summed E-state index contributed by atoms with van der Waals surface area (Å²) >= 11 is 0. The van der Waals surface area contributed by atoms with Crippen molar-refractivity contribution in [3.63, 3.8) is 0 Å². The second-order valence-electron chi connectivity index (χ2n) is 5.70. The molecule has 0 amide bonds. The molecule has 0 spiro atoms. The number of aromatic nitrogens is 2. The first-order chi connectivity index (χ1) is 9.84. The summed E-state index contributed by atoms with van der Waals surface area (Å²) in [6.07, 6.45) is 11.3. The number of pyridine rings is 1. The molecule has 0 radical (unpaired) electrons. The molecule has 2 heterocycles. The number of aryl methyl sites for hydroxylation is 2. The minimum Gasteiger partial charge on any atom is -0.350 e. The number of rotatable bonds is 1. The van der Waals surface area contributed by atoms with Gasteiger partial charge in [0.15, 0.2) is 0 Å². The molecule has 1 aromatic carbocycles. The van der Waals surface area contributed by atoms with Crippen LogP contribution < -0.4 is 0 Å². The van der Waals surface area contributed by atoms with Gasteiger partial charge in [0.05, 0.1) is 0 Å². The molecule has 0 unspecified atom stereocenters. The van der Waals surface area contributed by atoms with Gasteiger partial charge in [-0.2, -0.15) is 0 Å². The minimum absolute atomic E-state index is 1.18. The third-order valence-corrected chi connectivity index (χ3v) is 4.46. The van der Waals surface area contributed by atoms with Crippen LogP contribution in [-0.4, -0.2) is 9.55 Å². The van der Waals surface area contributed by atoms with Crippen LogP contribution in [0.25, 0.3) is 22.0 Å². The Bertz CT molecular complexity index is 783. The van der Waals surface area contributed by atoms with Gasteiger partial charge in [0, 0.05) is 47.7 Å². The maximum Gasteiger partial charge on any atom is 0.0484 e. The number of fused-ring (bicyclic) bond motifs is 2. The van der Waals surface area contributed by atoms with Crippen LogP contribution in [0.2, 0.25) is 0 Å². The summed E-state index contributed by atoms with van der Waals surface area (Å²) in [5.74, 6) is 0. The fraction of sp³-hybridized carbons (Fsp3) is 0.278. The van der Waals surface area contributed by atoms with Crippen molar-refractivity contribution in [3.8, 4) is 11.1 Å². The quantitative estimate of drug-likeness (QED) is 0.645. The van der Waals surface area contributed by atoms with Gasteiger partial charge in [0.25, 0.3) is 0 Å². The van der Waals surface area contributed by atoms with Gasteiger partial charge in [-0.3, -0.25) is 4.98 Å². The van der Waals surface area contributed by atoms with Gasteiger partial charge in [0.2, 0.25) is 0 Å². The number of hydrogen-bond acceptors (Lipinski definition) is 1. The summed E-state index contributed by atoms with van der Waals surface area (Å²) in [7, 11) is 2.12. The Labute approximate surface area is 119 Å². The predicted molar refractivity (Wildman–Crippen MR) is 82.8 cm³/mol. The van der Waals surface area contributed by atoms with Gasteiger partial charge < -0.3 is 4.57 Å². The predicted octanol–water partition coefficient (Wildman–Crippen LogP) is 4.12. The monoisotopic (exact) mass is 262 g/mol.